The van der Waals surface area contributed by atoms with Gasteiger partial charge in [-0.05, 0) is 44.2 Å². The van der Waals surface area contributed by atoms with Crippen LogP contribution in [0.1, 0.15) is 24.3 Å². The molecular weight excluding hydrogens is 376 g/mol. The van der Waals surface area contributed by atoms with Gasteiger partial charge in [-0.25, -0.2) is 4.68 Å². The molecule has 0 radical (unpaired) electrons. The molecule has 0 aliphatic rings. The van der Waals surface area contributed by atoms with E-state index in [0.29, 0.717) is 16.4 Å². The average molecular weight is 397 g/mol. The predicted octanol–water partition coefficient (Wildman–Crippen LogP) is 3.43. The van der Waals surface area contributed by atoms with Gasteiger partial charge in [0, 0.05) is 17.1 Å². The second kappa shape index (κ2) is 7.86. The van der Waals surface area contributed by atoms with Crippen LogP contribution in [0.2, 0.25) is 5.02 Å². The van der Waals surface area contributed by atoms with Crippen LogP contribution in [0, 0.1) is 5.41 Å². The van der Waals surface area contributed by atoms with E-state index < -0.39 is 11.3 Å². The fraction of sp³-hybridized carbons (Fsp3) is 0.190. The van der Waals surface area contributed by atoms with Crippen LogP contribution in [-0.4, -0.2) is 28.1 Å². The van der Waals surface area contributed by atoms with Crippen molar-refractivity contribution in [3.8, 4) is 16.9 Å². The highest BCUT2D eigenvalue weighted by Gasteiger charge is 2.27. The van der Waals surface area contributed by atoms with Crippen molar-refractivity contribution in [2.24, 2.45) is 11.1 Å². The number of rotatable bonds is 6. The number of benzene rings is 2. The van der Waals surface area contributed by atoms with Gasteiger partial charge < -0.3 is 11.1 Å². The zero-order valence-corrected chi connectivity index (χ0v) is 16.4. The molecule has 28 heavy (non-hydrogen) atoms. The fourth-order valence-corrected chi connectivity index (χ4v) is 2.68. The Kier molecular flexibility index (Phi) is 5.51. The zero-order chi connectivity index (χ0) is 20.3. The monoisotopic (exact) mass is 396 g/mol. The van der Waals surface area contributed by atoms with E-state index >= 15 is 0 Å². The van der Waals surface area contributed by atoms with Gasteiger partial charge in [-0.15, -0.1) is 0 Å². The van der Waals surface area contributed by atoms with Crippen LogP contribution in [0.15, 0.2) is 60.7 Å². The summed E-state index contributed by atoms with van der Waals surface area (Å²) in [6.45, 7) is 3.49. The molecule has 0 saturated carbocycles. The summed E-state index contributed by atoms with van der Waals surface area (Å²) in [6, 6.07) is 18.3. The number of carbonyl (C=O) groups excluding carboxylic acids is 2. The van der Waals surface area contributed by atoms with Crippen molar-refractivity contribution in [3.63, 3.8) is 0 Å². The second-order valence-electron chi connectivity index (χ2n) is 7.10. The highest BCUT2D eigenvalue weighted by atomic mass is 35.5. The predicted molar refractivity (Wildman–Crippen MR) is 109 cm³/mol. The number of nitrogens with two attached hydrogens (primary N) is 1. The minimum absolute atomic E-state index is 0.122. The number of aromatic nitrogens is 2. The van der Waals surface area contributed by atoms with Crippen LogP contribution >= 0.6 is 11.6 Å². The molecule has 1 aromatic heterocycles. The van der Waals surface area contributed by atoms with E-state index in [4.69, 9.17) is 17.3 Å². The van der Waals surface area contributed by atoms with Crippen LogP contribution in [0.4, 0.5) is 0 Å². The number of hydrogen-bond donors (Lipinski definition) is 2. The van der Waals surface area contributed by atoms with Crippen molar-refractivity contribution in [1.82, 2.24) is 15.1 Å². The van der Waals surface area contributed by atoms with Gasteiger partial charge in [0.1, 0.15) is 5.69 Å². The number of primary amides is 1. The Morgan fingerprint density at radius 2 is 1.75 bits per heavy atom. The zero-order valence-electron chi connectivity index (χ0n) is 15.6. The topological polar surface area (TPSA) is 90.0 Å². The molecular formula is C21H21ClN4O2. The average Bonchev–Trinajstić information content (AvgIpc) is 3.13. The molecule has 3 N–H and O–H groups in total. The van der Waals surface area contributed by atoms with Gasteiger partial charge in [-0.2, -0.15) is 5.10 Å². The fourth-order valence-electron chi connectivity index (χ4n) is 2.55. The number of hydrogen-bond acceptors (Lipinski definition) is 3. The van der Waals surface area contributed by atoms with Crippen molar-refractivity contribution in [2.45, 2.75) is 13.8 Å². The number of para-hydroxylation sites is 1. The molecule has 2 amide bonds. The minimum atomic E-state index is -0.855. The van der Waals surface area contributed by atoms with Crippen molar-refractivity contribution in [3.05, 3.63) is 71.4 Å². The molecule has 3 rings (SSSR count). The summed E-state index contributed by atoms with van der Waals surface area (Å²) in [5, 5.41) is 8.01. The van der Waals surface area contributed by atoms with E-state index in [2.05, 4.69) is 10.4 Å². The summed E-state index contributed by atoms with van der Waals surface area (Å²) in [5.41, 5.74) is 7.12. The lowest BCUT2D eigenvalue weighted by Gasteiger charge is -2.20. The quantitative estimate of drug-likeness (QED) is 0.668. The molecule has 0 aliphatic carbocycles. The molecule has 0 fully saturated rings. The smallest absolute Gasteiger partial charge is 0.270 e. The van der Waals surface area contributed by atoms with Gasteiger partial charge in [-0.1, -0.05) is 41.9 Å². The summed E-state index contributed by atoms with van der Waals surface area (Å²) in [4.78, 5) is 24.4. The Morgan fingerprint density at radius 1 is 1.11 bits per heavy atom. The van der Waals surface area contributed by atoms with Crippen molar-refractivity contribution < 1.29 is 9.59 Å². The molecule has 2 aromatic carbocycles. The Balaban J connectivity index is 1.97. The van der Waals surface area contributed by atoms with Gasteiger partial charge in [0.15, 0.2) is 0 Å². The number of amides is 2. The Labute approximate surface area is 168 Å². The van der Waals surface area contributed by atoms with E-state index in [-0.39, 0.29) is 12.5 Å². The minimum Gasteiger partial charge on any atom is -0.369 e. The second-order valence-corrected chi connectivity index (χ2v) is 7.54. The van der Waals surface area contributed by atoms with Crippen molar-refractivity contribution >= 4 is 23.4 Å². The summed E-state index contributed by atoms with van der Waals surface area (Å²) in [7, 11) is 0. The molecule has 0 atom stereocenters. The number of nitrogens with one attached hydrogen (secondary N) is 1. The van der Waals surface area contributed by atoms with Gasteiger partial charge in [0.2, 0.25) is 5.91 Å². The van der Waals surface area contributed by atoms with Crippen LogP contribution < -0.4 is 11.1 Å². The summed E-state index contributed by atoms with van der Waals surface area (Å²) < 4.78 is 1.58. The van der Waals surface area contributed by atoms with Gasteiger partial charge in [0.25, 0.3) is 5.91 Å². The maximum Gasteiger partial charge on any atom is 0.270 e. The molecule has 144 valence electrons. The number of nitrogens with zero attached hydrogens (tertiary/aromatic N) is 2. The first-order valence-electron chi connectivity index (χ1n) is 8.77. The highest BCUT2D eigenvalue weighted by molar-refractivity contribution is 6.30. The third-order valence-electron chi connectivity index (χ3n) is 4.44. The Morgan fingerprint density at radius 3 is 2.36 bits per heavy atom. The van der Waals surface area contributed by atoms with Crippen molar-refractivity contribution in [1.29, 1.82) is 0 Å². The maximum atomic E-state index is 12.9. The molecule has 0 unspecified atom stereocenters. The first-order valence-corrected chi connectivity index (χ1v) is 9.15. The van der Waals surface area contributed by atoms with Gasteiger partial charge >= 0.3 is 0 Å². The first-order chi connectivity index (χ1) is 13.3. The number of halogens is 1. The largest absolute Gasteiger partial charge is 0.369 e. The molecule has 3 aromatic rings. The Hall–Kier alpha value is -3.12. The number of carbonyl (C=O) groups is 2. The normalized spacial score (nSPS) is 11.2. The van der Waals surface area contributed by atoms with Gasteiger partial charge in [0.05, 0.1) is 16.8 Å². The third-order valence-corrected chi connectivity index (χ3v) is 4.69. The molecule has 1 heterocycles. The lowest BCUT2D eigenvalue weighted by atomic mass is 9.93. The summed E-state index contributed by atoms with van der Waals surface area (Å²) in [6.07, 6.45) is 0. The van der Waals surface area contributed by atoms with Crippen LogP contribution in [-0.2, 0) is 4.79 Å². The van der Waals surface area contributed by atoms with E-state index in [1.165, 1.54) is 0 Å². The highest BCUT2D eigenvalue weighted by Crippen LogP contribution is 2.23. The van der Waals surface area contributed by atoms with Crippen molar-refractivity contribution in [2.75, 3.05) is 6.54 Å². The lowest BCUT2D eigenvalue weighted by Crippen LogP contribution is -2.42. The first kappa shape index (κ1) is 19.6. The molecule has 0 spiro atoms. The van der Waals surface area contributed by atoms with Crippen LogP contribution in [0.25, 0.3) is 16.9 Å². The summed E-state index contributed by atoms with van der Waals surface area (Å²) in [5.74, 6) is -0.822. The maximum absolute atomic E-state index is 12.9. The SMILES string of the molecule is CC(C)(CNC(=O)c1cc(-c2ccc(Cl)cc2)nn1-c1ccccc1)C(N)=O. The van der Waals surface area contributed by atoms with E-state index in [0.717, 1.165) is 11.3 Å². The molecule has 0 aliphatic heterocycles. The third kappa shape index (κ3) is 4.23. The Bertz CT molecular complexity index is 995. The molecule has 0 saturated heterocycles. The molecule has 6 nitrogen and oxygen atoms in total. The summed E-state index contributed by atoms with van der Waals surface area (Å²) >= 11 is 5.96. The standard InChI is InChI=1S/C21H21ClN4O2/c1-21(2,20(23)28)13-24-19(27)18-12-17(14-8-10-15(22)11-9-14)25-26(18)16-6-4-3-5-7-16/h3-12H,13H2,1-2H3,(H2,23,28)(H,24,27). The van der Waals surface area contributed by atoms with E-state index in [1.807, 2.05) is 42.5 Å². The lowest BCUT2D eigenvalue weighted by molar-refractivity contribution is -0.125. The van der Waals surface area contributed by atoms with E-state index in [1.54, 1.807) is 36.7 Å². The molecule has 0 bridgehead atoms. The van der Waals surface area contributed by atoms with Crippen LogP contribution in [0.3, 0.4) is 0 Å². The van der Waals surface area contributed by atoms with Gasteiger partial charge in [-0.3, -0.25) is 9.59 Å². The van der Waals surface area contributed by atoms with Crippen LogP contribution in [0.5, 0.6) is 0 Å². The molecule has 7 heteroatoms. The van der Waals surface area contributed by atoms with E-state index in [9.17, 15) is 9.59 Å².